The van der Waals surface area contributed by atoms with Crippen molar-refractivity contribution in [2.75, 3.05) is 45.0 Å². The van der Waals surface area contributed by atoms with Gasteiger partial charge in [0.2, 0.25) is 5.91 Å². The van der Waals surface area contributed by atoms with Crippen LogP contribution in [0.4, 0.5) is 5.69 Å². The normalized spacial score (nSPS) is 10.2. The molecule has 0 fully saturated rings. The van der Waals surface area contributed by atoms with Gasteiger partial charge in [-0.1, -0.05) is 0 Å². The van der Waals surface area contributed by atoms with Crippen LogP contribution in [0.2, 0.25) is 0 Å². The van der Waals surface area contributed by atoms with E-state index in [9.17, 15) is 9.59 Å². The van der Waals surface area contributed by atoms with Gasteiger partial charge in [-0.25, -0.2) is 0 Å². The highest BCUT2D eigenvalue weighted by atomic mass is 16.5. The fraction of sp³-hybridized carbons (Fsp3) is 0.529. The lowest BCUT2D eigenvalue weighted by atomic mass is 10.3. The second-order valence-electron chi connectivity index (χ2n) is 4.83. The van der Waals surface area contributed by atoms with Crippen molar-refractivity contribution in [2.24, 2.45) is 0 Å². The van der Waals surface area contributed by atoms with Gasteiger partial charge in [-0.15, -0.1) is 0 Å². The summed E-state index contributed by atoms with van der Waals surface area (Å²) < 4.78 is 20.9. The van der Waals surface area contributed by atoms with Crippen LogP contribution in [0.25, 0.3) is 0 Å². The Balaban J connectivity index is 1.98. The number of carbonyl (C=O) groups excluding carboxylic acids is 2. The molecule has 7 nitrogen and oxygen atoms in total. The molecule has 0 saturated heterocycles. The predicted octanol–water partition coefficient (Wildman–Crippen LogP) is 2.01. The Hall–Kier alpha value is -2.12. The van der Waals surface area contributed by atoms with E-state index < -0.39 is 0 Å². The maximum absolute atomic E-state index is 11.1. The number of ether oxygens (including phenoxy) is 4. The minimum Gasteiger partial charge on any atom is -0.491 e. The molecule has 0 bridgehead atoms. The molecule has 0 aromatic heterocycles. The summed E-state index contributed by atoms with van der Waals surface area (Å²) >= 11 is 0. The summed E-state index contributed by atoms with van der Waals surface area (Å²) in [5, 5.41) is 2.68. The summed E-state index contributed by atoms with van der Waals surface area (Å²) in [4.78, 5) is 22.0. The van der Waals surface area contributed by atoms with E-state index in [1.165, 1.54) is 6.92 Å². The average molecular weight is 339 g/mol. The van der Waals surface area contributed by atoms with Crippen molar-refractivity contribution < 1.29 is 28.5 Å². The summed E-state index contributed by atoms with van der Waals surface area (Å²) in [6.45, 7) is 5.67. The van der Waals surface area contributed by atoms with Crippen LogP contribution in [0.3, 0.4) is 0 Å². The molecule has 1 aromatic rings. The number of hydrogen-bond donors (Lipinski definition) is 1. The van der Waals surface area contributed by atoms with Crippen LogP contribution in [0.5, 0.6) is 5.75 Å². The van der Waals surface area contributed by atoms with Gasteiger partial charge in [0, 0.05) is 12.6 Å². The number of hydrogen-bond acceptors (Lipinski definition) is 6. The lowest BCUT2D eigenvalue weighted by molar-refractivity contribution is -0.144. The summed E-state index contributed by atoms with van der Waals surface area (Å²) in [5.41, 5.74) is 0.728. The molecule has 0 spiro atoms. The van der Waals surface area contributed by atoms with E-state index >= 15 is 0 Å². The highest BCUT2D eigenvalue weighted by molar-refractivity contribution is 5.88. The Morgan fingerprint density at radius 2 is 1.58 bits per heavy atom. The molecule has 0 unspecified atom stereocenters. The number of anilines is 1. The zero-order chi connectivity index (χ0) is 17.6. The van der Waals surface area contributed by atoms with Crippen molar-refractivity contribution >= 4 is 17.6 Å². The molecule has 7 heteroatoms. The largest absolute Gasteiger partial charge is 0.491 e. The zero-order valence-electron chi connectivity index (χ0n) is 14.2. The molecule has 1 amide bonds. The van der Waals surface area contributed by atoms with E-state index in [2.05, 4.69) is 5.32 Å². The summed E-state index contributed by atoms with van der Waals surface area (Å²) in [5.74, 6) is 0.344. The van der Waals surface area contributed by atoms with E-state index in [0.717, 1.165) is 5.69 Å². The molecule has 0 atom stereocenters. The van der Waals surface area contributed by atoms with Crippen molar-refractivity contribution in [1.82, 2.24) is 0 Å². The Morgan fingerprint density at radius 3 is 2.21 bits per heavy atom. The molecule has 0 radical (unpaired) electrons. The highest BCUT2D eigenvalue weighted by Gasteiger charge is 2.01. The molecule has 1 aromatic carbocycles. The molecular formula is C17H25NO6. The Morgan fingerprint density at radius 1 is 0.958 bits per heavy atom. The summed E-state index contributed by atoms with van der Waals surface area (Å²) in [6, 6.07) is 7.11. The third-order valence-corrected chi connectivity index (χ3v) is 2.80. The third kappa shape index (κ3) is 9.81. The van der Waals surface area contributed by atoms with Crippen molar-refractivity contribution in [3.8, 4) is 5.75 Å². The van der Waals surface area contributed by atoms with E-state index in [4.69, 9.17) is 18.9 Å². The number of carbonyl (C=O) groups is 2. The molecule has 1 N–H and O–H groups in total. The third-order valence-electron chi connectivity index (χ3n) is 2.80. The topological polar surface area (TPSA) is 83.1 Å². The van der Waals surface area contributed by atoms with Crippen LogP contribution in [0, 0.1) is 0 Å². The average Bonchev–Trinajstić information content (AvgIpc) is 2.54. The molecular weight excluding hydrogens is 314 g/mol. The fourth-order valence-corrected chi connectivity index (χ4v) is 1.77. The van der Waals surface area contributed by atoms with Gasteiger partial charge >= 0.3 is 5.97 Å². The molecule has 0 aliphatic heterocycles. The minimum atomic E-state index is -0.253. The SMILES string of the molecule is CCOC(=O)CCOCCOCCOc1ccc(NC(C)=O)cc1. The number of nitrogens with one attached hydrogen (secondary N) is 1. The van der Waals surface area contributed by atoms with Gasteiger partial charge in [0.25, 0.3) is 0 Å². The first-order valence-electron chi connectivity index (χ1n) is 7.93. The van der Waals surface area contributed by atoms with Crippen molar-refractivity contribution in [3.05, 3.63) is 24.3 Å². The Labute approximate surface area is 142 Å². The summed E-state index contributed by atoms with van der Waals surface area (Å²) in [6.07, 6.45) is 0.255. The number of rotatable bonds is 12. The van der Waals surface area contributed by atoms with Gasteiger partial charge in [0.1, 0.15) is 12.4 Å². The molecule has 134 valence electrons. The van der Waals surface area contributed by atoms with Crippen LogP contribution in [-0.2, 0) is 23.8 Å². The molecule has 0 aliphatic rings. The quantitative estimate of drug-likeness (QED) is 0.463. The molecule has 0 aliphatic carbocycles. The second-order valence-corrected chi connectivity index (χ2v) is 4.83. The second kappa shape index (κ2) is 12.3. The van der Waals surface area contributed by atoms with E-state index in [1.807, 2.05) is 0 Å². The lowest BCUT2D eigenvalue weighted by Gasteiger charge is -2.08. The highest BCUT2D eigenvalue weighted by Crippen LogP contribution is 2.15. The van der Waals surface area contributed by atoms with Crippen LogP contribution >= 0.6 is 0 Å². The Bertz CT molecular complexity index is 488. The molecule has 0 saturated carbocycles. The number of esters is 1. The van der Waals surface area contributed by atoms with E-state index in [-0.39, 0.29) is 18.3 Å². The maximum Gasteiger partial charge on any atom is 0.308 e. The first-order valence-corrected chi connectivity index (χ1v) is 7.93. The van der Waals surface area contributed by atoms with Crippen LogP contribution in [0.1, 0.15) is 20.3 Å². The molecule has 24 heavy (non-hydrogen) atoms. The van der Waals surface area contributed by atoms with E-state index in [1.54, 1.807) is 31.2 Å². The lowest BCUT2D eigenvalue weighted by Crippen LogP contribution is -2.13. The maximum atomic E-state index is 11.1. The van der Waals surface area contributed by atoms with Gasteiger partial charge in [0.05, 0.1) is 39.5 Å². The van der Waals surface area contributed by atoms with Crippen LogP contribution in [-0.4, -0.2) is 51.5 Å². The van der Waals surface area contributed by atoms with Crippen LogP contribution < -0.4 is 10.1 Å². The molecule has 1 rings (SSSR count). The van der Waals surface area contributed by atoms with Crippen molar-refractivity contribution in [1.29, 1.82) is 0 Å². The van der Waals surface area contributed by atoms with Crippen molar-refractivity contribution in [3.63, 3.8) is 0 Å². The first-order chi connectivity index (χ1) is 11.6. The Kier molecular flexibility index (Phi) is 10.2. The minimum absolute atomic E-state index is 0.110. The number of benzene rings is 1. The standard InChI is InChI=1S/C17H25NO6/c1-3-23-17(20)8-9-21-10-11-22-12-13-24-16-6-4-15(5-7-16)18-14(2)19/h4-7H,3,8-13H2,1-2H3,(H,18,19). The predicted molar refractivity (Wildman–Crippen MR) is 89.1 cm³/mol. The van der Waals surface area contributed by atoms with Crippen LogP contribution in [0.15, 0.2) is 24.3 Å². The summed E-state index contributed by atoms with van der Waals surface area (Å²) in [7, 11) is 0. The number of amides is 1. The first kappa shape index (κ1) is 19.9. The molecule has 0 heterocycles. The van der Waals surface area contributed by atoms with Gasteiger partial charge in [-0.3, -0.25) is 9.59 Å². The van der Waals surface area contributed by atoms with Gasteiger partial charge in [-0.2, -0.15) is 0 Å². The zero-order valence-corrected chi connectivity index (χ0v) is 14.2. The smallest absolute Gasteiger partial charge is 0.308 e. The van der Waals surface area contributed by atoms with Gasteiger partial charge in [0.15, 0.2) is 0 Å². The van der Waals surface area contributed by atoms with Gasteiger partial charge < -0.3 is 24.3 Å². The van der Waals surface area contributed by atoms with Crippen molar-refractivity contribution in [2.45, 2.75) is 20.3 Å². The van der Waals surface area contributed by atoms with E-state index in [0.29, 0.717) is 45.4 Å². The van der Waals surface area contributed by atoms with Gasteiger partial charge in [-0.05, 0) is 31.2 Å². The monoisotopic (exact) mass is 339 g/mol. The fourth-order valence-electron chi connectivity index (χ4n) is 1.77.